The predicted molar refractivity (Wildman–Crippen MR) is 252 cm³/mol. The standard InChI is InChI=1S/3C16H36N.H3O3PS/c3*1-5-9-13-17(14-10-6-2,15-11-7-3)16-12-8-4;1-4(2,3)5/h3*5-16H2,1-4H3;(H3,1,2,3,5)/q3*+1;/p-3. The van der Waals surface area contributed by atoms with Crippen molar-refractivity contribution >= 4 is 18.5 Å². The second kappa shape index (κ2) is 44.9. The minimum absolute atomic E-state index is 1.35. The highest BCUT2D eigenvalue weighted by Gasteiger charge is 2.26. The van der Waals surface area contributed by atoms with Crippen LogP contribution in [0.4, 0.5) is 0 Å². The number of unbranched alkanes of at least 4 members (excludes halogenated alkanes) is 12. The average molecular weight is 838 g/mol. The van der Waals surface area contributed by atoms with Crippen LogP contribution in [0.1, 0.15) is 237 Å². The molecule has 0 aromatic carbocycles. The van der Waals surface area contributed by atoms with Gasteiger partial charge in [0.1, 0.15) is 0 Å². The molecule has 0 amide bonds. The molecule has 0 saturated heterocycles. The lowest BCUT2D eigenvalue weighted by Gasteiger charge is -2.43. The van der Waals surface area contributed by atoms with Crippen LogP contribution in [0.2, 0.25) is 0 Å². The first-order chi connectivity index (χ1) is 26.7. The molecule has 56 heavy (non-hydrogen) atoms. The fraction of sp³-hybridized carbons (Fsp3) is 1.00. The lowest BCUT2D eigenvalue weighted by molar-refractivity contribution is -0.929. The van der Waals surface area contributed by atoms with Crippen LogP contribution >= 0.6 is 6.72 Å². The zero-order valence-corrected chi connectivity index (χ0v) is 42.6. The van der Waals surface area contributed by atoms with Crippen molar-refractivity contribution in [2.75, 3.05) is 78.5 Å². The number of hydrogen-bond donors (Lipinski definition) is 0. The highest BCUT2D eigenvalue weighted by molar-refractivity contribution is 8.04. The van der Waals surface area contributed by atoms with Gasteiger partial charge in [-0.05, 0) is 77.0 Å². The molecular formula is C48H108N3O3PS. The number of quaternary nitrogens is 3. The fourth-order valence-electron chi connectivity index (χ4n) is 7.93. The molecule has 0 spiro atoms. The van der Waals surface area contributed by atoms with Crippen molar-refractivity contribution in [2.24, 2.45) is 0 Å². The molecule has 0 aromatic rings. The van der Waals surface area contributed by atoms with E-state index in [0.717, 1.165) is 0 Å². The van der Waals surface area contributed by atoms with Crippen LogP contribution < -0.4 is 14.7 Å². The Morgan fingerprint density at radius 2 is 0.321 bits per heavy atom. The van der Waals surface area contributed by atoms with Crippen LogP contribution in [0.15, 0.2) is 0 Å². The van der Waals surface area contributed by atoms with Crippen LogP contribution in [-0.2, 0) is 11.8 Å². The Kier molecular flexibility index (Phi) is 50.6. The molecule has 344 valence electrons. The third kappa shape index (κ3) is 42.5. The van der Waals surface area contributed by atoms with E-state index in [-0.39, 0.29) is 0 Å². The lowest BCUT2D eigenvalue weighted by Crippen LogP contribution is -2.50. The highest BCUT2D eigenvalue weighted by atomic mass is 32.5. The Morgan fingerprint density at radius 1 is 0.250 bits per heavy atom. The van der Waals surface area contributed by atoms with Gasteiger partial charge in [-0.1, -0.05) is 160 Å². The SMILES string of the molecule is CCCC[N+](CCCC)(CCCC)CCCC.CCCC[N+](CCCC)(CCCC)CCCC.CCCC[N+](CCCC)(CCCC)CCCC.[O-]P([O-])([O-])=S. The summed E-state index contributed by atoms with van der Waals surface area (Å²) in [7, 11) is 0. The largest absolute Gasteiger partial charge is 0.844 e. The van der Waals surface area contributed by atoms with Crippen LogP contribution in [0.5, 0.6) is 0 Å². The second-order valence-corrected chi connectivity index (χ2v) is 19.6. The summed E-state index contributed by atoms with van der Waals surface area (Å²) in [5, 5.41) is 0. The van der Waals surface area contributed by atoms with E-state index in [1.165, 1.54) is 246 Å². The van der Waals surface area contributed by atoms with Crippen molar-refractivity contribution in [1.29, 1.82) is 0 Å². The summed E-state index contributed by atoms with van der Waals surface area (Å²) in [5.74, 6) is 0. The van der Waals surface area contributed by atoms with Gasteiger partial charge in [0.25, 0.3) is 0 Å². The normalized spacial score (nSPS) is 12.0. The van der Waals surface area contributed by atoms with E-state index in [2.05, 4.69) is 94.9 Å². The minimum atomic E-state index is -4.56. The number of rotatable bonds is 36. The molecule has 0 aliphatic rings. The minimum Gasteiger partial charge on any atom is -0.844 e. The molecule has 0 radical (unpaired) electrons. The van der Waals surface area contributed by atoms with Gasteiger partial charge in [-0.15, -0.1) is 0 Å². The molecule has 0 bridgehead atoms. The van der Waals surface area contributed by atoms with Gasteiger partial charge in [0.05, 0.1) is 78.5 Å². The summed E-state index contributed by atoms with van der Waals surface area (Å²) in [6, 6.07) is 0. The van der Waals surface area contributed by atoms with E-state index >= 15 is 0 Å². The zero-order valence-electron chi connectivity index (χ0n) is 40.9. The van der Waals surface area contributed by atoms with Gasteiger partial charge in [-0.2, -0.15) is 11.8 Å². The van der Waals surface area contributed by atoms with Crippen LogP contribution in [0, 0.1) is 0 Å². The Hall–Kier alpha value is 0.410. The Bertz CT molecular complexity index is 591. The van der Waals surface area contributed by atoms with Crippen molar-refractivity contribution < 1.29 is 28.1 Å². The molecule has 6 nitrogen and oxygen atoms in total. The van der Waals surface area contributed by atoms with Gasteiger partial charge in [0, 0.05) is 0 Å². The Labute approximate surface area is 361 Å². The van der Waals surface area contributed by atoms with Crippen LogP contribution in [-0.4, -0.2) is 92.0 Å². The number of hydrogen-bond acceptors (Lipinski definition) is 4. The average Bonchev–Trinajstić information content (AvgIpc) is 3.19. The van der Waals surface area contributed by atoms with E-state index in [9.17, 15) is 0 Å². The maximum Gasteiger partial charge on any atom is 0.0786 e. The lowest BCUT2D eigenvalue weighted by atomic mass is 10.1. The van der Waals surface area contributed by atoms with Crippen molar-refractivity contribution in [3.63, 3.8) is 0 Å². The van der Waals surface area contributed by atoms with E-state index in [1.54, 1.807) is 0 Å². The Balaban J connectivity index is -0.000000340. The maximum absolute atomic E-state index is 8.92. The van der Waals surface area contributed by atoms with Gasteiger partial charge >= 0.3 is 0 Å². The van der Waals surface area contributed by atoms with Gasteiger partial charge in [0.15, 0.2) is 0 Å². The molecule has 0 fully saturated rings. The van der Waals surface area contributed by atoms with E-state index in [1.807, 2.05) is 0 Å². The molecule has 0 unspecified atom stereocenters. The summed E-state index contributed by atoms with van der Waals surface area (Å²) >= 11 is 3.27. The molecule has 0 N–H and O–H groups in total. The highest BCUT2D eigenvalue weighted by Crippen LogP contribution is 2.19. The first-order valence-corrected chi connectivity index (χ1v) is 27.6. The van der Waals surface area contributed by atoms with E-state index in [0.29, 0.717) is 0 Å². The van der Waals surface area contributed by atoms with E-state index < -0.39 is 6.72 Å². The first-order valence-electron chi connectivity index (χ1n) is 25.0. The molecule has 0 heterocycles. The van der Waals surface area contributed by atoms with Crippen molar-refractivity contribution in [1.82, 2.24) is 0 Å². The predicted octanol–water partition coefficient (Wildman–Crippen LogP) is 12.3. The second-order valence-electron chi connectivity index (χ2n) is 17.4. The topological polar surface area (TPSA) is 69.2 Å². The zero-order chi connectivity index (χ0) is 43.5. The third-order valence-electron chi connectivity index (χ3n) is 11.8. The number of nitrogens with zero attached hydrogens (tertiary/aromatic N) is 3. The summed E-state index contributed by atoms with van der Waals surface area (Å²) in [4.78, 5) is 26.8. The molecule has 0 rings (SSSR count). The van der Waals surface area contributed by atoms with E-state index in [4.69, 9.17) is 14.7 Å². The monoisotopic (exact) mass is 838 g/mol. The molecule has 0 saturated carbocycles. The quantitative estimate of drug-likeness (QED) is 0.0466. The molecule has 0 aliphatic heterocycles. The molecule has 8 heteroatoms. The van der Waals surface area contributed by atoms with Gasteiger partial charge in [0.2, 0.25) is 0 Å². The maximum atomic E-state index is 8.92. The van der Waals surface area contributed by atoms with Crippen molar-refractivity contribution in [2.45, 2.75) is 237 Å². The summed E-state index contributed by atoms with van der Waals surface area (Å²) in [6.45, 7) is 40.5. The van der Waals surface area contributed by atoms with Gasteiger partial charge in [-0.25, -0.2) is 0 Å². The van der Waals surface area contributed by atoms with Crippen LogP contribution in [0.25, 0.3) is 0 Å². The van der Waals surface area contributed by atoms with Crippen molar-refractivity contribution in [3.05, 3.63) is 0 Å². The first kappa shape index (κ1) is 63.1. The third-order valence-corrected chi connectivity index (χ3v) is 11.8. The molecule has 0 atom stereocenters. The fourth-order valence-corrected chi connectivity index (χ4v) is 7.93. The van der Waals surface area contributed by atoms with Gasteiger partial charge in [-0.3, -0.25) is 0 Å². The molecule has 0 aromatic heterocycles. The van der Waals surface area contributed by atoms with Gasteiger partial charge < -0.3 is 34.8 Å². The Morgan fingerprint density at radius 3 is 0.375 bits per heavy atom. The summed E-state index contributed by atoms with van der Waals surface area (Å²) < 4.78 is 4.26. The van der Waals surface area contributed by atoms with Crippen molar-refractivity contribution in [3.8, 4) is 0 Å². The van der Waals surface area contributed by atoms with Crippen LogP contribution in [0.3, 0.4) is 0 Å². The molecular weight excluding hydrogens is 730 g/mol. The molecule has 0 aliphatic carbocycles. The summed E-state index contributed by atoms with van der Waals surface area (Å²) in [6.07, 6.45) is 33.2. The summed E-state index contributed by atoms with van der Waals surface area (Å²) in [5.41, 5.74) is 0. The smallest absolute Gasteiger partial charge is 0.0786 e.